The van der Waals surface area contributed by atoms with Crippen molar-refractivity contribution in [2.24, 2.45) is 5.92 Å². The summed E-state index contributed by atoms with van der Waals surface area (Å²) in [5.74, 6) is 0.969. The van der Waals surface area contributed by atoms with Gasteiger partial charge in [0.25, 0.3) is 0 Å². The molecule has 1 saturated carbocycles. The normalized spacial score (nSPS) is 28.0. The molecule has 2 unspecified atom stereocenters. The Bertz CT molecular complexity index is 426. The maximum absolute atomic E-state index is 12.1. The molecule has 5 heteroatoms. The van der Waals surface area contributed by atoms with Gasteiger partial charge in [0.05, 0.1) is 10.5 Å². The van der Waals surface area contributed by atoms with Crippen molar-refractivity contribution in [3.8, 4) is 0 Å². The molecule has 0 aromatic carbocycles. The van der Waals surface area contributed by atoms with Crippen LogP contribution in [-0.4, -0.2) is 56.5 Å². The number of likely N-dealkylation sites (N-methyl/N-ethyl adjacent to an activating group) is 1. The second-order valence-corrected chi connectivity index (χ2v) is 10.8. The van der Waals surface area contributed by atoms with Crippen LogP contribution in [0.3, 0.4) is 0 Å². The molecule has 0 bridgehead atoms. The summed E-state index contributed by atoms with van der Waals surface area (Å²) in [5, 5.41) is 3.41. The molecule has 0 aromatic heterocycles. The molecule has 2 atom stereocenters. The molecule has 126 valence electrons. The van der Waals surface area contributed by atoms with Gasteiger partial charge in [-0.25, -0.2) is 8.42 Å². The summed E-state index contributed by atoms with van der Waals surface area (Å²) in [5.41, 5.74) is 0.184. The number of sulfone groups is 1. The zero-order valence-electron chi connectivity index (χ0n) is 14.7. The van der Waals surface area contributed by atoms with E-state index in [1.807, 2.05) is 0 Å². The van der Waals surface area contributed by atoms with Gasteiger partial charge in [0, 0.05) is 18.6 Å². The highest BCUT2D eigenvalue weighted by molar-refractivity contribution is 7.92. The number of nitrogens with zero attached hydrogens (tertiary/aromatic N) is 1. The first-order chi connectivity index (χ1) is 9.50. The minimum absolute atomic E-state index is 0.184. The number of hydrogen-bond donors (Lipinski definition) is 1. The van der Waals surface area contributed by atoms with Crippen LogP contribution in [0.2, 0.25) is 0 Å². The molecule has 4 nitrogen and oxygen atoms in total. The zero-order valence-corrected chi connectivity index (χ0v) is 15.5. The lowest BCUT2D eigenvalue weighted by molar-refractivity contribution is 0.0759. The fourth-order valence-corrected chi connectivity index (χ4v) is 4.22. The zero-order chi connectivity index (χ0) is 16.3. The van der Waals surface area contributed by atoms with E-state index in [9.17, 15) is 8.42 Å². The van der Waals surface area contributed by atoms with Crippen LogP contribution in [-0.2, 0) is 9.84 Å². The predicted molar refractivity (Wildman–Crippen MR) is 90.5 cm³/mol. The van der Waals surface area contributed by atoms with Crippen molar-refractivity contribution in [2.45, 2.75) is 63.7 Å². The van der Waals surface area contributed by atoms with E-state index in [1.165, 1.54) is 25.7 Å². The van der Waals surface area contributed by atoms with Crippen LogP contribution in [0.25, 0.3) is 0 Å². The summed E-state index contributed by atoms with van der Waals surface area (Å²) >= 11 is 0. The third kappa shape index (κ3) is 4.93. The quantitative estimate of drug-likeness (QED) is 0.764. The van der Waals surface area contributed by atoms with Crippen LogP contribution in [0.1, 0.15) is 53.4 Å². The molecular weight excluding hydrogens is 284 g/mol. The lowest BCUT2D eigenvalue weighted by Crippen LogP contribution is -2.54. The summed E-state index contributed by atoms with van der Waals surface area (Å²) in [6.45, 7) is 9.06. The highest BCUT2D eigenvalue weighted by Gasteiger charge is 2.36. The largest absolute Gasteiger partial charge is 0.314 e. The van der Waals surface area contributed by atoms with Gasteiger partial charge in [-0.3, -0.25) is 0 Å². The highest BCUT2D eigenvalue weighted by Crippen LogP contribution is 2.35. The molecule has 0 aromatic rings. The maximum Gasteiger partial charge on any atom is 0.156 e. The molecule has 21 heavy (non-hydrogen) atoms. The van der Waals surface area contributed by atoms with Crippen LogP contribution in [0.15, 0.2) is 0 Å². The third-order valence-electron chi connectivity index (χ3n) is 4.95. The van der Waals surface area contributed by atoms with Crippen LogP contribution in [0, 0.1) is 5.92 Å². The molecule has 0 radical (unpaired) electrons. The van der Waals surface area contributed by atoms with E-state index in [-0.39, 0.29) is 11.3 Å². The van der Waals surface area contributed by atoms with Crippen LogP contribution in [0.4, 0.5) is 0 Å². The highest BCUT2D eigenvalue weighted by atomic mass is 32.2. The van der Waals surface area contributed by atoms with E-state index in [4.69, 9.17) is 0 Å². The van der Waals surface area contributed by atoms with Crippen molar-refractivity contribution >= 4 is 9.84 Å². The summed E-state index contributed by atoms with van der Waals surface area (Å²) in [4.78, 5) is 2.33. The van der Waals surface area contributed by atoms with E-state index in [0.29, 0.717) is 6.54 Å². The average Bonchev–Trinajstić information content (AvgIpc) is 2.33. The summed E-state index contributed by atoms with van der Waals surface area (Å²) in [6.07, 6.45) is 4.97. The molecule has 0 saturated heterocycles. The topological polar surface area (TPSA) is 49.4 Å². The Balaban J connectivity index is 2.53. The first kappa shape index (κ1) is 18.9. The SMILES string of the molecule is CC1CCCC(CNCCS(=O)(=O)C(C)(C)C)(N(C)C)C1. The van der Waals surface area contributed by atoms with Gasteiger partial charge in [-0.05, 0) is 53.6 Å². The smallest absolute Gasteiger partial charge is 0.156 e. The van der Waals surface area contributed by atoms with Gasteiger partial charge in [0.15, 0.2) is 9.84 Å². The van der Waals surface area contributed by atoms with E-state index in [2.05, 4.69) is 31.2 Å². The van der Waals surface area contributed by atoms with E-state index >= 15 is 0 Å². The Morgan fingerprint density at radius 1 is 1.29 bits per heavy atom. The fraction of sp³-hybridized carbons (Fsp3) is 1.00. The van der Waals surface area contributed by atoms with Crippen molar-refractivity contribution in [2.75, 3.05) is 32.9 Å². The standard InChI is InChI=1S/C16H34N2O2S/c1-14-8-7-9-16(12-14,18(5)6)13-17-10-11-21(19,20)15(2,3)4/h14,17H,7-13H2,1-6H3. The minimum Gasteiger partial charge on any atom is -0.314 e. The van der Waals surface area contributed by atoms with Crippen molar-refractivity contribution in [1.29, 1.82) is 0 Å². The Labute approximate surface area is 131 Å². The van der Waals surface area contributed by atoms with Crippen molar-refractivity contribution in [1.82, 2.24) is 10.2 Å². The van der Waals surface area contributed by atoms with Crippen molar-refractivity contribution in [3.05, 3.63) is 0 Å². The Kier molecular flexibility index (Phi) is 6.28. The Morgan fingerprint density at radius 3 is 2.38 bits per heavy atom. The monoisotopic (exact) mass is 318 g/mol. The van der Waals surface area contributed by atoms with Crippen LogP contribution in [0.5, 0.6) is 0 Å². The van der Waals surface area contributed by atoms with Gasteiger partial charge in [-0.2, -0.15) is 0 Å². The summed E-state index contributed by atoms with van der Waals surface area (Å²) in [6, 6.07) is 0. The fourth-order valence-electron chi connectivity index (χ4n) is 3.19. The summed E-state index contributed by atoms with van der Waals surface area (Å²) in [7, 11) is 1.26. The minimum atomic E-state index is -3.03. The Morgan fingerprint density at radius 2 is 1.90 bits per heavy atom. The van der Waals surface area contributed by atoms with Gasteiger partial charge in [0.1, 0.15) is 0 Å². The lowest BCUT2D eigenvalue weighted by atomic mass is 9.75. The molecule has 0 aliphatic heterocycles. The van der Waals surface area contributed by atoms with Gasteiger partial charge in [0.2, 0.25) is 0 Å². The molecule has 1 fully saturated rings. The van der Waals surface area contributed by atoms with Gasteiger partial charge < -0.3 is 10.2 Å². The predicted octanol–water partition coefficient (Wildman–Crippen LogP) is 2.30. The van der Waals surface area contributed by atoms with Crippen LogP contribution < -0.4 is 5.32 Å². The van der Waals surface area contributed by atoms with Gasteiger partial charge >= 0.3 is 0 Å². The molecular formula is C16H34N2O2S. The lowest BCUT2D eigenvalue weighted by Gasteiger charge is -2.45. The number of rotatable bonds is 6. The van der Waals surface area contributed by atoms with Gasteiger partial charge in [-0.1, -0.05) is 19.8 Å². The van der Waals surface area contributed by atoms with E-state index in [0.717, 1.165) is 12.5 Å². The second-order valence-electron chi connectivity index (χ2n) is 7.93. The molecule has 1 aliphatic carbocycles. The van der Waals surface area contributed by atoms with Crippen molar-refractivity contribution in [3.63, 3.8) is 0 Å². The number of nitrogens with one attached hydrogen (secondary N) is 1. The first-order valence-electron chi connectivity index (χ1n) is 8.11. The van der Waals surface area contributed by atoms with Crippen molar-refractivity contribution < 1.29 is 8.42 Å². The molecule has 0 amide bonds. The summed E-state index contributed by atoms with van der Waals surface area (Å²) < 4.78 is 23.6. The van der Waals surface area contributed by atoms with Gasteiger partial charge in [-0.15, -0.1) is 0 Å². The molecule has 1 N–H and O–H groups in total. The first-order valence-corrected chi connectivity index (χ1v) is 9.76. The second kappa shape index (κ2) is 6.97. The molecule has 1 aliphatic rings. The van der Waals surface area contributed by atoms with E-state index in [1.54, 1.807) is 20.8 Å². The molecule has 0 spiro atoms. The Hall–Kier alpha value is -0.130. The average molecular weight is 319 g/mol. The maximum atomic E-state index is 12.1. The molecule has 0 heterocycles. The van der Waals surface area contributed by atoms with E-state index < -0.39 is 14.6 Å². The number of hydrogen-bond acceptors (Lipinski definition) is 4. The third-order valence-corrected chi connectivity index (χ3v) is 7.56. The van der Waals surface area contributed by atoms with Crippen LogP contribution >= 0.6 is 0 Å². The molecule has 1 rings (SSSR count).